The third kappa shape index (κ3) is 1.42. The summed E-state index contributed by atoms with van der Waals surface area (Å²) in [5.41, 5.74) is 0.511. The number of aromatic amines is 1. The van der Waals surface area contributed by atoms with Crippen LogP contribution in [0.1, 0.15) is 10.5 Å². The molecule has 70 valence electrons. The van der Waals surface area contributed by atoms with Crippen molar-refractivity contribution in [3.05, 3.63) is 18.0 Å². The van der Waals surface area contributed by atoms with Crippen molar-refractivity contribution >= 4 is 5.91 Å². The maximum Gasteiger partial charge on any atom is 0.271 e. The van der Waals surface area contributed by atoms with Crippen LogP contribution in [0.15, 0.2) is 12.3 Å². The molecule has 1 amide bonds. The molecule has 0 unspecified atom stereocenters. The predicted octanol–water partition coefficient (Wildman–Crippen LogP) is -0.526. The number of nitrogens with zero attached hydrogens (tertiary/aromatic N) is 2. The van der Waals surface area contributed by atoms with E-state index in [1.807, 2.05) is 0 Å². The smallest absolute Gasteiger partial charge is 0.271 e. The van der Waals surface area contributed by atoms with Gasteiger partial charge in [-0.05, 0) is 6.07 Å². The van der Waals surface area contributed by atoms with Crippen LogP contribution in [-0.4, -0.2) is 45.8 Å². The lowest BCUT2D eigenvalue weighted by Crippen LogP contribution is -2.51. The highest BCUT2D eigenvalue weighted by molar-refractivity contribution is 5.92. The van der Waals surface area contributed by atoms with Crippen molar-refractivity contribution < 1.29 is 9.90 Å². The molecule has 1 aromatic heterocycles. The van der Waals surface area contributed by atoms with Crippen LogP contribution >= 0.6 is 0 Å². The second-order valence-electron chi connectivity index (χ2n) is 3.23. The van der Waals surface area contributed by atoms with Gasteiger partial charge in [0.05, 0.1) is 0 Å². The summed E-state index contributed by atoms with van der Waals surface area (Å²) in [6, 6.07) is 1.65. The molecule has 0 atom stereocenters. The number of likely N-dealkylation sites (tertiary alicyclic amines) is 1. The second-order valence-corrected chi connectivity index (χ2v) is 3.23. The molecule has 1 saturated heterocycles. The van der Waals surface area contributed by atoms with Crippen molar-refractivity contribution in [1.82, 2.24) is 15.1 Å². The van der Waals surface area contributed by atoms with Crippen LogP contribution < -0.4 is 0 Å². The van der Waals surface area contributed by atoms with E-state index in [-0.39, 0.29) is 18.4 Å². The molecule has 2 heterocycles. The Labute approximate surface area is 75.4 Å². The number of carbonyl (C=O) groups excluding carboxylic acids is 1. The van der Waals surface area contributed by atoms with Gasteiger partial charge in [0.2, 0.25) is 0 Å². The SMILES string of the molecule is O=C(c1ccn[nH]1)N1CC(CO)C1. The highest BCUT2D eigenvalue weighted by Crippen LogP contribution is 2.16. The van der Waals surface area contributed by atoms with Crippen molar-refractivity contribution in [3.63, 3.8) is 0 Å². The summed E-state index contributed by atoms with van der Waals surface area (Å²) < 4.78 is 0. The first-order chi connectivity index (χ1) is 6.31. The molecule has 5 nitrogen and oxygen atoms in total. The monoisotopic (exact) mass is 181 g/mol. The van der Waals surface area contributed by atoms with Crippen LogP contribution in [0.4, 0.5) is 0 Å². The van der Waals surface area contributed by atoms with Crippen LogP contribution in [-0.2, 0) is 0 Å². The van der Waals surface area contributed by atoms with E-state index in [0.29, 0.717) is 18.8 Å². The molecule has 0 aromatic carbocycles. The largest absolute Gasteiger partial charge is 0.396 e. The van der Waals surface area contributed by atoms with Crippen molar-refractivity contribution in [2.75, 3.05) is 19.7 Å². The molecule has 2 N–H and O–H groups in total. The number of carbonyl (C=O) groups is 1. The van der Waals surface area contributed by atoms with Crippen molar-refractivity contribution in [1.29, 1.82) is 0 Å². The minimum Gasteiger partial charge on any atom is -0.396 e. The normalized spacial score (nSPS) is 17.2. The van der Waals surface area contributed by atoms with Crippen LogP contribution in [0.3, 0.4) is 0 Å². The van der Waals surface area contributed by atoms with Gasteiger partial charge in [-0.3, -0.25) is 9.89 Å². The second kappa shape index (κ2) is 3.18. The maximum atomic E-state index is 11.5. The van der Waals surface area contributed by atoms with Crippen LogP contribution in [0.2, 0.25) is 0 Å². The van der Waals surface area contributed by atoms with E-state index in [9.17, 15) is 4.79 Å². The standard InChI is InChI=1S/C8H11N3O2/c12-5-6-3-11(4-6)8(13)7-1-2-9-10-7/h1-2,6,12H,3-5H2,(H,9,10). The molecule has 0 radical (unpaired) electrons. The summed E-state index contributed by atoms with van der Waals surface area (Å²) in [5.74, 6) is 0.217. The van der Waals surface area contributed by atoms with Gasteiger partial charge in [0.25, 0.3) is 5.91 Å². The fraction of sp³-hybridized carbons (Fsp3) is 0.500. The molecule has 1 aromatic rings. The Kier molecular flexibility index (Phi) is 2.02. The summed E-state index contributed by atoms with van der Waals surface area (Å²) in [6.07, 6.45) is 1.55. The van der Waals surface area contributed by atoms with Crippen molar-refractivity contribution in [2.45, 2.75) is 0 Å². The third-order valence-electron chi connectivity index (χ3n) is 2.23. The first kappa shape index (κ1) is 8.25. The van der Waals surface area contributed by atoms with E-state index in [4.69, 9.17) is 5.11 Å². The highest BCUT2D eigenvalue weighted by Gasteiger charge is 2.30. The molecular formula is C8H11N3O2. The van der Waals surface area contributed by atoms with Gasteiger partial charge in [-0.2, -0.15) is 5.10 Å². The first-order valence-electron chi connectivity index (χ1n) is 4.20. The molecule has 5 heteroatoms. The number of aromatic nitrogens is 2. The summed E-state index contributed by atoms with van der Waals surface area (Å²) >= 11 is 0. The number of aliphatic hydroxyl groups is 1. The zero-order valence-corrected chi connectivity index (χ0v) is 7.10. The number of hydrogen-bond acceptors (Lipinski definition) is 3. The molecule has 0 spiro atoms. The topological polar surface area (TPSA) is 69.2 Å². The van der Waals surface area contributed by atoms with E-state index in [1.54, 1.807) is 17.2 Å². The lowest BCUT2D eigenvalue weighted by atomic mass is 10.0. The molecular weight excluding hydrogens is 170 g/mol. The van der Waals surface area contributed by atoms with Gasteiger partial charge in [0.15, 0.2) is 0 Å². The molecule has 0 bridgehead atoms. The minimum absolute atomic E-state index is 0.0396. The van der Waals surface area contributed by atoms with E-state index in [0.717, 1.165) is 0 Å². The van der Waals surface area contributed by atoms with Gasteiger partial charge in [-0.25, -0.2) is 0 Å². The summed E-state index contributed by atoms with van der Waals surface area (Å²) in [7, 11) is 0. The van der Waals surface area contributed by atoms with E-state index >= 15 is 0 Å². The van der Waals surface area contributed by atoms with Crippen LogP contribution in [0.25, 0.3) is 0 Å². The predicted molar refractivity (Wildman–Crippen MR) is 45.1 cm³/mol. The zero-order valence-electron chi connectivity index (χ0n) is 7.10. The Hall–Kier alpha value is -1.36. The van der Waals surface area contributed by atoms with Crippen LogP contribution in [0.5, 0.6) is 0 Å². The minimum atomic E-state index is -0.0396. The quantitative estimate of drug-likeness (QED) is 0.644. The Morgan fingerprint density at radius 1 is 1.77 bits per heavy atom. The van der Waals surface area contributed by atoms with Crippen LogP contribution in [0, 0.1) is 5.92 Å². The number of aliphatic hydroxyl groups excluding tert-OH is 1. The maximum absolute atomic E-state index is 11.5. The lowest BCUT2D eigenvalue weighted by Gasteiger charge is -2.37. The number of nitrogens with one attached hydrogen (secondary N) is 1. The zero-order chi connectivity index (χ0) is 9.26. The van der Waals surface area contributed by atoms with E-state index in [2.05, 4.69) is 10.2 Å². The third-order valence-corrected chi connectivity index (χ3v) is 2.23. The molecule has 13 heavy (non-hydrogen) atoms. The summed E-state index contributed by atoms with van der Waals surface area (Å²) in [4.78, 5) is 13.2. The summed E-state index contributed by atoms with van der Waals surface area (Å²) in [5, 5.41) is 15.1. The molecule has 2 rings (SSSR count). The number of H-pyrrole nitrogens is 1. The Balaban J connectivity index is 1.94. The van der Waals surface area contributed by atoms with Gasteiger partial charge < -0.3 is 10.0 Å². The molecule has 1 aliphatic rings. The number of rotatable bonds is 2. The van der Waals surface area contributed by atoms with Crippen molar-refractivity contribution in [3.8, 4) is 0 Å². The molecule has 1 fully saturated rings. The lowest BCUT2D eigenvalue weighted by molar-refractivity contribution is 0.0356. The molecule has 0 aliphatic carbocycles. The Bertz CT molecular complexity index is 290. The first-order valence-corrected chi connectivity index (χ1v) is 4.20. The van der Waals surface area contributed by atoms with Gasteiger partial charge in [0.1, 0.15) is 5.69 Å². The van der Waals surface area contributed by atoms with Gasteiger partial charge >= 0.3 is 0 Å². The Morgan fingerprint density at radius 2 is 2.54 bits per heavy atom. The highest BCUT2D eigenvalue weighted by atomic mass is 16.3. The fourth-order valence-electron chi connectivity index (χ4n) is 1.40. The number of amides is 1. The average Bonchev–Trinajstić information content (AvgIpc) is 2.53. The van der Waals surface area contributed by atoms with Gasteiger partial charge in [0, 0.05) is 31.8 Å². The van der Waals surface area contributed by atoms with Gasteiger partial charge in [-0.15, -0.1) is 0 Å². The summed E-state index contributed by atoms with van der Waals surface area (Å²) in [6.45, 7) is 1.45. The fourth-order valence-corrected chi connectivity index (χ4v) is 1.40. The molecule has 1 aliphatic heterocycles. The van der Waals surface area contributed by atoms with Crippen molar-refractivity contribution in [2.24, 2.45) is 5.92 Å². The Morgan fingerprint density at radius 3 is 3.08 bits per heavy atom. The van der Waals surface area contributed by atoms with Gasteiger partial charge in [-0.1, -0.05) is 0 Å². The molecule has 0 saturated carbocycles. The van der Waals surface area contributed by atoms with E-state index in [1.165, 1.54) is 0 Å². The number of hydrogen-bond donors (Lipinski definition) is 2. The van der Waals surface area contributed by atoms with E-state index < -0.39 is 0 Å². The average molecular weight is 181 g/mol.